The fourth-order valence-electron chi connectivity index (χ4n) is 11.6. The van der Waals surface area contributed by atoms with E-state index in [1.54, 1.807) is 16.7 Å². The van der Waals surface area contributed by atoms with Crippen molar-refractivity contribution in [2.45, 2.75) is 268 Å². The van der Waals surface area contributed by atoms with Crippen LogP contribution >= 0.6 is 0 Å². The second-order valence-electron chi connectivity index (χ2n) is 24.9. The monoisotopic (exact) mass is 1040 g/mol. The summed E-state index contributed by atoms with van der Waals surface area (Å²) in [5.74, 6) is 4.42. The molecule has 0 saturated heterocycles. The maximum absolute atomic E-state index is 10.7. The fraction of sp³-hybridized carbons (Fsp3) is 0.681. The third-order valence-corrected chi connectivity index (χ3v) is 17.0. The molecule has 428 valence electrons. The van der Waals surface area contributed by atoms with Crippen LogP contribution in [0.15, 0.2) is 117 Å². The molecule has 0 aromatic heterocycles. The average molecular weight is 1050 g/mol. The second-order valence-corrected chi connectivity index (χ2v) is 24.9. The van der Waals surface area contributed by atoms with Crippen LogP contribution in [0.5, 0.6) is 5.75 Å². The number of aryl methyl sites for hydroxylation is 1. The number of carboxylic acid groups (broad SMARTS) is 1. The molecule has 0 aliphatic heterocycles. The summed E-state index contributed by atoms with van der Waals surface area (Å²) >= 11 is 0. The van der Waals surface area contributed by atoms with Gasteiger partial charge in [0.2, 0.25) is 0 Å². The van der Waals surface area contributed by atoms with E-state index in [4.69, 9.17) is 14.9 Å². The molecule has 4 heteroatoms. The van der Waals surface area contributed by atoms with Crippen molar-refractivity contribution in [1.29, 1.82) is 0 Å². The Morgan fingerprint density at radius 1 is 0.500 bits per heavy atom. The van der Waals surface area contributed by atoms with Gasteiger partial charge in [-0.15, -0.1) is 0 Å². The highest BCUT2D eigenvalue weighted by Gasteiger charge is 2.22. The molecule has 1 aromatic carbocycles. The van der Waals surface area contributed by atoms with Gasteiger partial charge in [0.05, 0.1) is 12.5 Å². The number of carboxylic acids is 1. The van der Waals surface area contributed by atoms with Crippen LogP contribution in [0.2, 0.25) is 0 Å². The van der Waals surface area contributed by atoms with Crippen molar-refractivity contribution < 1.29 is 19.7 Å². The topological polar surface area (TPSA) is 66.8 Å². The van der Waals surface area contributed by atoms with Crippen LogP contribution in [-0.2, 0) is 11.2 Å². The highest BCUT2D eigenvalue weighted by molar-refractivity contribution is 5.70. The summed E-state index contributed by atoms with van der Waals surface area (Å²) < 4.78 is 6.16. The molecule has 4 atom stereocenters. The van der Waals surface area contributed by atoms with Crippen molar-refractivity contribution in [3.05, 3.63) is 123 Å². The van der Waals surface area contributed by atoms with Crippen molar-refractivity contribution in [2.24, 2.45) is 35.5 Å². The number of hydrogen-bond donors (Lipinski definition) is 2. The van der Waals surface area contributed by atoms with E-state index in [0.29, 0.717) is 18.4 Å². The first-order chi connectivity index (χ1) is 36.6. The summed E-state index contributed by atoms with van der Waals surface area (Å²) in [5.41, 5.74) is 13.5. The Hall–Kier alpha value is -3.63. The summed E-state index contributed by atoms with van der Waals surface area (Å²) in [5, 5.41) is 17.8. The Kier molecular flexibility index (Phi) is 35.6. The lowest BCUT2D eigenvalue weighted by Gasteiger charge is -2.28. The van der Waals surface area contributed by atoms with E-state index in [2.05, 4.69) is 142 Å². The first-order valence-corrected chi connectivity index (χ1v) is 31.5. The number of aliphatic hydroxyl groups excluding tert-OH is 1. The number of benzene rings is 1. The van der Waals surface area contributed by atoms with Gasteiger partial charge in [-0.25, -0.2) is 0 Å². The number of hydrogen-bond acceptors (Lipinski definition) is 3. The second kappa shape index (κ2) is 40.5. The summed E-state index contributed by atoms with van der Waals surface area (Å²) in [6.45, 7) is 23.1. The van der Waals surface area contributed by atoms with Crippen LogP contribution < -0.4 is 4.74 Å². The molecule has 2 N–H and O–H groups in total. The first kappa shape index (κ1) is 66.6. The number of aliphatic hydroxyl groups is 1. The lowest BCUT2D eigenvalue weighted by Crippen LogP contribution is -2.15. The van der Waals surface area contributed by atoms with E-state index in [1.807, 2.05) is 0 Å². The summed E-state index contributed by atoms with van der Waals surface area (Å²) in [6.07, 6.45) is 57.6. The fourth-order valence-corrected chi connectivity index (χ4v) is 11.6. The SMILES string of the molecule is CC(C)=CCCC1=CCC(C(=O)O)CC1.CC(C)=CCCC1=CCC(CO)CC1.CCC1CC=C(CCC=C(C)C)CC1.CCCCCC1CCC(CCc2ccc(OCC3CC=C(CCC=C(C)C)CC3)cc2)CC1. The molecule has 0 amide bonds. The van der Waals surface area contributed by atoms with Gasteiger partial charge in [-0.1, -0.05) is 177 Å². The highest BCUT2D eigenvalue weighted by Crippen LogP contribution is 2.35. The van der Waals surface area contributed by atoms with Crippen LogP contribution in [0.4, 0.5) is 0 Å². The minimum absolute atomic E-state index is 0.141. The van der Waals surface area contributed by atoms with E-state index in [-0.39, 0.29) is 5.92 Å². The molecule has 5 aliphatic carbocycles. The Balaban J connectivity index is 0.000000295. The molecule has 0 bridgehead atoms. The van der Waals surface area contributed by atoms with Gasteiger partial charge in [0, 0.05) is 6.61 Å². The van der Waals surface area contributed by atoms with Gasteiger partial charge in [-0.2, -0.15) is 0 Å². The number of rotatable bonds is 25. The molecular formula is C72H116O4. The minimum Gasteiger partial charge on any atom is -0.493 e. The lowest BCUT2D eigenvalue weighted by molar-refractivity contribution is -0.141. The van der Waals surface area contributed by atoms with Crippen molar-refractivity contribution in [3.8, 4) is 5.75 Å². The average Bonchev–Trinajstić information content (AvgIpc) is 3.41. The molecule has 0 heterocycles. The summed E-state index contributed by atoms with van der Waals surface area (Å²) in [7, 11) is 0. The van der Waals surface area contributed by atoms with Crippen LogP contribution in [0.3, 0.4) is 0 Å². The van der Waals surface area contributed by atoms with Gasteiger partial charge in [-0.3, -0.25) is 4.79 Å². The molecule has 6 rings (SSSR count). The third kappa shape index (κ3) is 31.7. The van der Waals surface area contributed by atoms with E-state index >= 15 is 0 Å². The van der Waals surface area contributed by atoms with Crippen molar-refractivity contribution in [2.75, 3.05) is 13.2 Å². The maximum Gasteiger partial charge on any atom is 0.306 e. The van der Waals surface area contributed by atoms with Gasteiger partial charge in [0.25, 0.3) is 0 Å². The Bertz CT molecular complexity index is 1920. The lowest BCUT2D eigenvalue weighted by atomic mass is 9.78. The van der Waals surface area contributed by atoms with E-state index in [0.717, 1.165) is 68.6 Å². The summed E-state index contributed by atoms with van der Waals surface area (Å²) in [6, 6.07) is 8.99. The number of ether oxygens (including phenoxy) is 1. The van der Waals surface area contributed by atoms with Crippen LogP contribution in [0.25, 0.3) is 0 Å². The van der Waals surface area contributed by atoms with Crippen molar-refractivity contribution in [3.63, 3.8) is 0 Å². The molecule has 1 fully saturated rings. The predicted molar refractivity (Wildman–Crippen MR) is 331 cm³/mol. The zero-order valence-electron chi connectivity index (χ0n) is 50.9. The Labute approximate surface area is 469 Å². The molecule has 0 radical (unpaired) electrons. The number of carbonyl (C=O) groups is 1. The standard InChI is InChI=1S/C32H50O.C14H24.C13H20O2.C13H22O/c1-4-5-6-9-27-11-13-29(14-12-27)15-16-30-21-23-32(24-22-30)33-25-31-19-17-28(18-20-31)10-7-8-26(2)3;1-4-13-8-10-14(11-9-13)7-5-6-12(2)3;1-10(2)4-3-5-11-6-8-12(9-7-11)13(14)15;1-11(2)4-3-5-12-6-8-13(10-14)9-7-12/h8,17,21-24,27,29,31H,4-7,9-16,18-20,25H2,1-3H3;6,10,13H,4-5,7-9,11H2,1-3H3;4,6,12H,3,5,7-9H2,1-2H3,(H,14,15);4,6,13-14H,3,5,7-10H2,1-2H3. The molecule has 0 spiro atoms. The quantitative estimate of drug-likeness (QED) is 0.0756. The van der Waals surface area contributed by atoms with Gasteiger partial charge >= 0.3 is 5.97 Å². The van der Waals surface area contributed by atoms with Crippen LogP contribution in [0.1, 0.15) is 267 Å². The van der Waals surface area contributed by atoms with E-state index in [1.165, 1.54) is 194 Å². The molecule has 1 saturated carbocycles. The van der Waals surface area contributed by atoms with Gasteiger partial charge in [-0.05, 0) is 244 Å². The molecule has 4 nitrogen and oxygen atoms in total. The van der Waals surface area contributed by atoms with Crippen molar-refractivity contribution in [1.82, 2.24) is 0 Å². The van der Waals surface area contributed by atoms with E-state index < -0.39 is 5.97 Å². The maximum atomic E-state index is 10.7. The molecule has 76 heavy (non-hydrogen) atoms. The third-order valence-electron chi connectivity index (χ3n) is 17.0. The summed E-state index contributed by atoms with van der Waals surface area (Å²) in [4.78, 5) is 10.7. The molecule has 1 aromatic rings. The Morgan fingerprint density at radius 2 is 0.921 bits per heavy atom. The smallest absolute Gasteiger partial charge is 0.306 e. The van der Waals surface area contributed by atoms with Crippen LogP contribution in [-0.4, -0.2) is 29.4 Å². The molecular weight excluding hydrogens is 929 g/mol. The number of unbranched alkanes of at least 4 members (excludes halogenated alkanes) is 2. The Morgan fingerprint density at radius 3 is 1.29 bits per heavy atom. The first-order valence-electron chi connectivity index (χ1n) is 31.5. The minimum atomic E-state index is -0.644. The number of aliphatic carboxylic acids is 1. The zero-order chi connectivity index (χ0) is 55.3. The predicted octanol–water partition coefficient (Wildman–Crippen LogP) is 21.7. The van der Waals surface area contributed by atoms with Gasteiger partial charge in [0.15, 0.2) is 0 Å². The highest BCUT2D eigenvalue weighted by atomic mass is 16.5. The largest absolute Gasteiger partial charge is 0.493 e. The van der Waals surface area contributed by atoms with Crippen molar-refractivity contribution >= 4 is 5.97 Å². The van der Waals surface area contributed by atoms with Gasteiger partial charge < -0.3 is 14.9 Å². The zero-order valence-corrected chi connectivity index (χ0v) is 50.9. The van der Waals surface area contributed by atoms with E-state index in [9.17, 15) is 4.79 Å². The normalized spacial score (nSPS) is 22.1. The number of allylic oxidation sites excluding steroid dienone is 16. The molecule has 4 unspecified atom stereocenters. The van der Waals surface area contributed by atoms with Gasteiger partial charge in [0.1, 0.15) is 5.75 Å². The van der Waals surface area contributed by atoms with Crippen LogP contribution in [0, 0.1) is 35.5 Å². The molecule has 5 aliphatic rings.